The molecule has 240 valence electrons. The van der Waals surface area contributed by atoms with Crippen molar-refractivity contribution in [1.82, 2.24) is 15.2 Å². The summed E-state index contributed by atoms with van der Waals surface area (Å²) < 4.78 is 65.5. The Kier molecular flexibility index (Phi) is 9.88. The molecule has 0 saturated carbocycles. The van der Waals surface area contributed by atoms with Crippen LogP contribution in [0.25, 0.3) is 0 Å². The average molecular weight is 631 g/mol. The van der Waals surface area contributed by atoms with Gasteiger partial charge >= 0.3 is 6.61 Å². The number of likely N-dealkylation sites (tertiary alicyclic amines) is 1. The van der Waals surface area contributed by atoms with Gasteiger partial charge < -0.3 is 24.8 Å². The third-order valence-corrected chi connectivity index (χ3v) is 8.38. The van der Waals surface area contributed by atoms with Crippen molar-refractivity contribution in [3.05, 3.63) is 83.1 Å². The highest BCUT2D eigenvalue weighted by molar-refractivity contribution is 6.05. The van der Waals surface area contributed by atoms with Crippen LogP contribution in [0.3, 0.4) is 0 Å². The maximum Gasteiger partial charge on any atom is 0.387 e. The average Bonchev–Trinajstić information content (AvgIpc) is 3.25. The molecule has 2 fully saturated rings. The van der Waals surface area contributed by atoms with E-state index in [0.29, 0.717) is 13.1 Å². The second kappa shape index (κ2) is 13.8. The van der Waals surface area contributed by atoms with Crippen molar-refractivity contribution in [1.29, 1.82) is 0 Å². The molecule has 5 rings (SSSR count). The van der Waals surface area contributed by atoms with Crippen molar-refractivity contribution in [2.24, 2.45) is 0 Å². The maximum atomic E-state index is 15.5. The molecule has 3 aromatic rings. The van der Waals surface area contributed by atoms with E-state index in [4.69, 9.17) is 9.72 Å². The summed E-state index contributed by atoms with van der Waals surface area (Å²) in [6, 6.07) is 9.88. The lowest BCUT2D eigenvalue weighted by molar-refractivity contribution is -0.118. The summed E-state index contributed by atoms with van der Waals surface area (Å²) in [6.45, 7) is 0.718. The van der Waals surface area contributed by atoms with Crippen LogP contribution in [0.2, 0.25) is 0 Å². The molecule has 0 bridgehead atoms. The number of rotatable bonds is 10. The van der Waals surface area contributed by atoms with E-state index in [1.807, 2.05) is 6.07 Å². The monoisotopic (exact) mass is 630 g/mol. The zero-order valence-electron chi connectivity index (χ0n) is 24.8. The molecule has 2 aliphatic heterocycles. The number of pyridine rings is 1. The molecule has 2 aliphatic rings. The number of nitrogens with zero attached hydrogens (tertiary/aromatic N) is 3. The molecule has 45 heavy (non-hydrogen) atoms. The van der Waals surface area contributed by atoms with Gasteiger partial charge in [0, 0.05) is 59.9 Å². The van der Waals surface area contributed by atoms with Crippen LogP contribution in [0, 0.1) is 11.6 Å². The molecule has 4 atom stereocenters. The highest BCUT2D eigenvalue weighted by Gasteiger charge is 2.50. The largest absolute Gasteiger partial charge is 0.497 e. The number of aliphatic hydroxyl groups excluding tert-OH is 1. The number of anilines is 1. The van der Waals surface area contributed by atoms with Gasteiger partial charge in [0.2, 0.25) is 0 Å². The number of hydrogen-bond acceptors (Lipinski definition) is 7. The molecule has 1 aromatic heterocycles. The number of amides is 2. The minimum atomic E-state index is -3.05. The number of aromatic nitrogens is 1. The minimum Gasteiger partial charge on any atom is -0.497 e. The van der Waals surface area contributed by atoms with Gasteiger partial charge in [-0.2, -0.15) is 8.78 Å². The van der Waals surface area contributed by atoms with E-state index in [0.717, 1.165) is 37.2 Å². The normalized spacial score (nSPS) is 22.1. The lowest BCUT2D eigenvalue weighted by Gasteiger charge is -2.32. The van der Waals surface area contributed by atoms with Gasteiger partial charge in [0.15, 0.2) is 0 Å². The van der Waals surface area contributed by atoms with Crippen LogP contribution in [0.5, 0.6) is 11.5 Å². The Morgan fingerprint density at radius 3 is 2.47 bits per heavy atom. The summed E-state index contributed by atoms with van der Waals surface area (Å²) in [5.41, 5.74) is 0.370. The topological polar surface area (TPSA) is 104 Å². The molecule has 9 nitrogen and oxygen atoms in total. The Labute approximate surface area is 257 Å². The zero-order valence-corrected chi connectivity index (χ0v) is 24.8. The minimum absolute atomic E-state index is 0.0230. The molecule has 13 heteroatoms. The quantitative estimate of drug-likeness (QED) is 0.319. The number of nitrogens with one attached hydrogen (secondary N) is 1. The van der Waals surface area contributed by atoms with Gasteiger partial charge in [0.05, 0.1) is 13.7 Å². The van der Waals surface area contributed by atoms with E-state index in [-0.39, 0.29) is 35.4 Å². The first-order chi connectivity index (χ1) is 21.6. The van der Waals surface area contributed by atoms with Gasteiger partial charge in [-0.3, -0.25) is 14.5 Å². The zero-order chi connectivity index (χ0) is 32.2. The van der Waals surface area contributed by atoms with Gasteiger partial charge in [-0.05, 0) is 62.7 Å². The van der Waals surface area contributed by atoms with Crippen molar-refractivity contribution in [2.45, 2.75) is 50.3 Å². The molecule has 2 amide bonds. The van der Waals surface area contributed by atoms with E-state index in [1.54, 1.807) is 19.1 Å². The second-order valence-electron chi connectivity index (χ2n) is 11.1. The Morgan fingerprint density at radius 1 is 1.11 bits per heavy atom. The smallest absolute Gasteiger partial charge is 0.387 e. The van der Waals surface area contributed by atoms with E-state index in [9.17, 15) is 23.5 Å². The number of carbonyl (C=O) groups is 2. The van der Waals surface area contributed by atoms with Gasteiger partial charge in [-0.15, -0.1) is 0 Å². The second-order valence-corrected chi connectivity index (χ2v) is 11.1. The van der Waals surface area contributed by atoms with E-state index < -0.39 is 53.6 Å². The van der Waals surface area contributed by atoms with Gasteiger partial charge in [-0.1, -0.05) is 6.07 Å². The van der Waals surface area contributed by atoms with Crippen molar-refractivity contribution < 1.29 is 41.7 Å². The summed E-state index contributed by atoms with van der Waals surface area (Å²) in [5, 5.41) is 12.0. The van der Waals surface area contributed by atoms with Gasteiger partial charge in [-0.25, -0.2) is 13.8 Å². The van der Waals surface area contributed by atoms with Crippen LogP contribution in [0.1, 0.15) is 53.2 Å². The first-order valence-corrected chi connectivity index (χ1v) is 14.6. The van der Waals surface area contributed by atoms with Crippen LogP contribution >= 0.6 is 0 Å². The van der Waals surface area contributed by atoms with Crippen molar-refractivity contribution in [2.75, 3.05) is 38.3 Å². The summed E-state index contributed by atoms with van der Waals surface area (Å²) in [7, 11) is 1.27. The molecular formula is C32H34F4N4O5. The molecule has 0 spiro atoms. The number of carbonyl (C=O) groups excluding carboxylic acids is 2. The molecule has 2 saturated heterocycles. The number of halogens is 4. The standard InChI is InChI=1S/C32H34F4N4O5/c1-18-27(28-23(33)15-22(44-2)16-24(28)34)29(38-30(42)19-8-10-21(11-9-19)45-32(35)36)31(43)40(18)26-7-3-6-25(37-26)20-5-4-12-39(17-20)13-14-41/h3,6-11,15-16,18,20,27,29,32,41H,4-5,12-14,17H2,1-2H3,(H,38,42)/t18-,20?,27-,29?/m0/s1. The summed E-state index contributed by atoms with van der Waals surface area (Å²) in [6.07, 6.45) is 1.78. The number of β-amino-alcohol motifs (C(OH)–C–C–N with tert-alkyl or cyclic N) is 1. The molecule has 2 aromatic carbocycles. The Bertz CT molecular complexity index is 1500. The SMILES string of the molecule is COc1cc(F)c([C@H]2C(NC(=O)c3ccc(OC(F)F)cc3)C(=O)N(c3cccc(C4CCCN(CCO)C4)n3)[C@H]2C)c(F)c1. The predicted octanol–water partition coefficient (Wildman–Crippen LogP) is 4.46. The van der Waals surface area contributed by atoms with Crippen molar-refractivity contribution in [3.8, 4) is 11.5 Å². The number of piperidine rings is 1. The highest BCUT2D eigenvalue weighted by Crippen LogP contribution is 2.41. The predicted molar refractivity (Wildman–Crippen MR) is 157 cm³/mol. The lowest BCUT2D eigenvalue weighted by Crippen LogP contribution is -2.44. The van der Waals surface area contributed by atoms with Crippen LogP contribution in [0.4, 0.5) is 23.4 Å². The highest BCUT2D eigenvalue weighted by atomic mass is 19.3. The number of ether oxygens (including phenoxy) is 2. The fourth-order valence-electron chi connectivity index (χ4n) is 6.28. The summed E-state index contributed by atoms with van der Waals surface area (Å²) >= 11 is 0. The summed E-state index contributed by atoms with van der Waals surface area (Å²) in [5.74, 6) is -4.33. The molecule has 3 heterocycles. The van der Waals surface area contributed by atoms with Crippen LogP contribution < -0.4 is 19.7 Å². The van der Waals surface area contributed by atoms with Crippen LogP contribution in [-0.4, -0.2) is 78.9 Å². The van der Waals surface area contributed by atoms with Gasteiger partial charge in [0.25, 0.3) is 11.8 Å². The summed E-state index contributed by atoms with van der Waals surface area (Å²) in [4.78, 5) is 35.7. The molecule has 2 unspecified atom stereocenters. The first-order valence-electron chi connectivity index (χ1n) is 14.6. The Balaban J connectivity index is 1.49. The van der Waals surface area contributed by atoms with Crippen molar-refractivity contribution in [3.63, 3.8) is 0 Å². The molecule has 0 radical (unpaired) electrons. The number of methoxy groups -OCH3 is 1. The molecule has 0 aliphatic carbocycles. The first kappa shape index (κ1) is 32.2. The van der Waals surface area contributed by atoms with E-state index >= 15 is 8.78 Å². The number of aliphatic hydroxyl groups is 1. The number of hydrogen-bond donors (Lipinski definition) is 2. The van der Waals surface area contributed by atoms with E-state index in [2.05, 4.69) is 15.0 Å². The number of alkyl halides is 2. The van der Waals surface area contributed by atoms with Gasteiger partial charge in [0.1, 0.15) is 35.0 Å². The fraction of sp³-hybridized carbons (Fsp3) is 0.406. The third-order valence-electron chi connectivity index (χ3n) is 8.38. The third kappa shape index (κ3) is 6.89. The number of benzene rings is 2. The van der Waals surface area contributed by atoms with Crippen LogP contribution in [0.15, 0.2) is 54.6 Å². The maximum absolute atomic E-state index is 15.5. The van der Waals surface area contributed by atoms with Crippen LogP contribution in [-0.2, 0) is 4.79 Å². The molecular weight excluding hydrogens is 596 g/mol. The Hall–Kier alpha value is -4.23. The fourth-order valence-corrected chi connectivity index (χ4v) is 6.28. The van der Waals surface area contributed by atoms with E-state index in [1.165, 1.54) is 36.3 Å². The van der Waals surface area contributed by atoms with Crippen molar-refractivity contribution >= 4 is 17.6 Å². The lowest BCUT2D eigenvalue weighted by atomic mass is 9.87. The Morgan fingerprint density at radius 2 is 1.82 bits per heavy atom. The molecule has 2 N–H and O–H groups in total.